The van der Waals surface area contributed by atoms with Crippen molar-refractivity contribution in [1.82, 2.24) is 13.6 Å². The third kappa shape index (κ3) is 4.66. The predicted molar refractivity (Wildman–Crippen MR) is 94.0 cm³/mol. The number of rotatable bonds is 6. The van der Waals surface area contributed by atoms with Crippen LogP contribution in [-0.4, -0.2) is 54.6 Å². The average molecular weight is 375 g/mol. The Morgan fingerprint density at radius 3 is 2.62 bits per heavy atom. The molecule has 2 heterocycles. The lowest BCUT2D eigenvalue weighted by molar-refractivity contribution is -0.120. The second-order valence-corrected chi connectivity index (χ2v) is 8.33. The van der Waals surface area contributed by atoms with E-state index in [9.17, 15) is 13.2 Å². The summed E-state index contributed by atoms with van der Waals surface area (Å²) in [6, 6.07) is 3.29. The lowest BCUT2D eigenvalue weighted by Gasteiger charge is -2.33. The number of piperidine rings is 1. The number of nitrogens with zero attached hydrogens (tertiary/aromatic N) is 3. The fourth-order valence-corrected chi connectivity index (χ4v) is 4.25. The standard InChI is InChI=1S/C15H23ClN4O3S/c1-3-8-19(2)24(22,23)20-9-6-12(7-10-20)15(21)18-14-5-4-13(16)11-17-14/h4-5,11-12H,3,6-10H2,1-2H3,(H,17,18,21). The summed E-state index contributed by atoms with van der Waals surface area (Å²) < 4.78 is 27.6. The number of anilines is 1. The number of pyridine rings is 1. The Hall–Kier alpha value is -1.22. The average Bonchev–Trinajstić information content (AvgIpc) is 2.57. The van der Waals surface area contributed by atoms with Crippen LogP contribution in [0.25, 0.3) is 0 Å². The number of aromatic nitrogens is 1. The molecular weight excluding hydrogens is 352 g/mol. The van der Waals surface area contributed by atoms with E-state index in [-0.39, 0.29) is 11.8 Å². The molecule has 0 spiro atoms. The maximum absolute atomic E-state index is 12.4. The number of nitrogens with one attached hydrogen (secondary N) is 1. The number of hydrogen-bond donors (Lipinski definition) is 1. The van der Waals surface area contributed by atoms with Gasteiger partial charge in [-0.05, 0) is 31.4 Å². The Kier molecular flexibility index (Phi) is 6.56. The molecule has 0 aliphatic carbocycles. The molecule has 1 N–H and O–H groups in total. The number of halogens is 1. The second kappa shape index (κ2) is 8.24. The monoisotopic (exact) mass is 374 g/mol. The van der Waals surface area contributed by atoms with E-state index in [0.717, 1.165) is 6.42 Å². The molecule has 9 heteroatoms. The lowest BCUT2D eigenvalue weighted by atomic mass is 9.97. The summed E-state index contributed by atoms with van der Waals surface area (Å²) in [6.45, 7) is 3.13. The Morgan fingerprint density at radius 2 is 2.08 bits per heavy atom. The van der Waals surface area contributed by atoms with E-state index in [1.807, 2.05) is 6.92 Å². The molecule has 7 nitrogen and oxygen atoms in total. The molecule has 1 aromatic rings. The van der Waals surface area contributed by atoms with Crippen molar-refractivity contribution in [3.05, 3.63) is 23.4 Å². The van der Waals surface area contributed by atoms with Crippen LogP contribution in [0.5, 0.6) is 0 Å². The first-order chi connectivity index (χ1) is 11.3. The Morgan fingerprint density at radius 1 is 1.42 bits per heavy atom. The summed E-state index contributed by atoms with van der Waals surface area (Å²) in [5, 5.41) is 3.25. The van der Waals surface area contributed by atoms with Gasteiger partial charge in [-0.3, -0.25) is 4.79 Å². The molecular formula is C15H23ClN4O3S. The first kappa shape index (κ1) is 19.1. The van der Waals surface area contributed by atoms with Crippen molar-refractivity contribution in [2.24, 2.45) is 5.92 Å². The van der Waals surface area contributed by atoms with Crippen molar-refractivity contribution in [2.75, 3.05) is 32.0 Å². The van der Waals surface area contributed by atoms with Crippen LogP contribution >= 0.6 is 11.6 Å². The van der Waals surface area contributed by atoms with Crippen LogP contribution < -0.4 is 5.32 Å². The van der Waals surface area contributed by atoms with Gasteiger partial charge in [0.1, 0.15) is 5.82 Å². The minimum atomic E-state index is -3.43. The molecule has 1 saturated heterocycles. The van der Waals surface area contributed by atoms with Crippen LogP contribution in [0.3, 0.4) is 0 Å². The van der Waals surface area contributed by atoms with Crippen LogP contribution in [0.4, 0.5) is 5.82 Å². The van der Waals surface area contributed by atoms with Crippen LogP contribution in [0.15, 0.2) is 18.3 Å². The van der Waals surface area contributed by atoms with Crippen molar-refractivity contribution in [2.45, 2.75) is 26.2 Å². The maximum Gasteiger partial charge on any atom is 0.281 e. The highest BCUT2D eigenvalue weighted by Crippen LogP contribution is 2.22. The summed E-state index contributed by atoms with van der Waals surface area (Å²) in [4.78, 5) is 16.3. The third-order valence-electron chi connectivity index (χ3n) is 4.06. The van der Waals surface area contributed by atoms with E-state index >= 15 is 0 Å². The highest BCUT2D eigenvalue weighted by molar-refractivity contribution is 7.86. The molecule has 24 heavy (non-hydrogen) atoms. The van der Waals surface area contributed by atoms with E-state index in [4.69, 9.17) is 11.6 Å². The third-order valence-corrected chi connectivity index (χ3v) is 6.27. The quantitative estimate of drug-likeness (QED) is 0.825. The second-order valence-electron chi connectivity index (χ2n) is 5.85. The van der Waals surface area contributed by atoms with E-state index in [1.165, 1.54) is 14.8 Å². The minimum Gasteiger partial charge on any atom is -0.310 e. The molecule has 0 unspecified atom stereocenters. The maximum atomic E-state index is 12.4. The molecule has 0 radical (unpaired) electrons. The first-order valence-corrected chi connectivity index (χ1v) is 9.76. The smallest absolute Gasteiger partial charge is 0.281 e. The minimum absolute atomic E-state index is 0.135. The SMILES string of the molecule is CCCN(C)S(=O)(=O)N1CCC(C(=O)Nc2ccc(Cl)cn2)CC1. The van der Waals surface area contributed by atoms with Crippen molar-refractivity contribution < 1.29 is 13.2 Å². The summed E-state index contributed by atoms with van der Waals surface area (Å²) >= 11 is 5.76. The largest absolute Gasteiger partial charge is 0.310 e. The fraction of sp³-hybridized carbons (Fsp3) is 0.600. The summed E-state index contributed by atoms with van der Waals surface area (Å²) in [5.41, 5.74) is 0. The summed E-state index contributed by atoms with van der Waals surface area (Å²) in [6.07, 6.45) is 3.23. The molecule has 1 fully saturated rings. The van der Waals surface area contributed by atoms with Gasteiger partial charge in [0.05, 0.1) is 5.02 Å². The van der Waals surface area contributed by atoms with Gasteiger partial charge in [0.15, 0.2) is 0 Å². The van der Waals surface area contributed by atoms with Crippen LogP contribution in [0.2, 0.25) is 5.02 Å². The summed E-state index contributed by atoms with van der Waals surface area (Å²) in [7, 11) is -1.84. The fourth-order valence-electron chi connectivity index (χ4n) is 2.65. The van der Waals surface area contributed by atoms with Gasteiger partial charge >= 0.3 is 0 Å². The highest BCUT2D eigenvalue weighted by Gasteiger charge is 2.33. The van der Waals surface area contributed by atoms with Crippen molar-refractivity contribution in [3.8, 4) is 0 Å². The Balaban J connectivity index is 1.90. The van der Waals surface area contributed by atoms with Gasteiger partial charge in [0.25, 0.3) is 10.2 Å². The van der Waals surface area contributed by atoms with Gasteiger partial charge in [0.2, 0.25) is 5.91 Å². The van der Waals surface area contributed by atoms with Gasteiger partial charge in [-0.2, -0.15) is 17.0 Å². The zero-order valence-electron chi connectivity index (χ0n) is 13.9. The van der Waals surface area contributed by atoms with E-state index in [2.05, 4.69) is 10.3 Å². The Labute approximate surface area is 148 Å². The number of amides is 1. The number of carbonyl (C=O) groups is 1. The zero-order chi connectivity index (χ0) is 17.7. The van der Waals surface area contributed by atoms with Crippen LogP contribution in [0, 0.1) is 5.92 Å². The van der Waals surface area contributed by atoms with Gasteiger partial charge in [0, 0.05) is 38.8 Å². The number of carbonyl (C=O) groups excluding carboxylic acids is 1. The van der Waals surface area contributed by atoms with Crippen LogP contribution in [-0.2, 0) is 15.0 Å². The normalized spacial score (nSPS) is 17.2. The highest BCUT2D eigenvalue weighted by atomic mass is 35.5. The van der Waals surface area contributed by atoms with E-state index < -0.39 is 10.2 Å². The molecule has 1 aromatic heterocycles. The molecule has 0 bridgehead atoms. The van der Waals surface area contributed by atoms with Gasteiger partial charge < -0.3 is 5.32 Å². The topological polar surface area (TPSA) is 82.6 Å². The predicted octanol–water partition coefficient (Wildman–Crippen LogP) is 1.97. The van der Waals surface area contributed by atoms with Gasteiger partial charge in [-0.25, -0.2) is 4.98 Å². The molecule has 0 aromatic carbocycles. The molecule has 0 atom stereocenters. The van der Waals surface area contributed by atoms with E-state index in [0.29, 0.717) is 43.3 Å². The van der Waals surface area contributed by atoms with Crippen molar-refractivity contribution in [1.29, 1.82) is 0 Å². The molecule has 1 aliphatic rings. The van der Waals surface area contributed by atoms with Crippen LogP contribution in [0.1, 0.15) is 26.2 Å². The van der Waals surface area contributed by atoms with Gasteiger partial charge in [-0.1, -0.05) is 18.5 Å². The zero-order valence-corrected chi connectivity index (χ0v) is 15.5. The van der Waals surface area contributed by atoms with E-state index in [1.54, 1.807) is 19.2 Å². The molecule has 134 valence electrons. The molecule has 1 amide bonds. The molecule has 1 aliphatic heterocycles. The molecule has 2 rings (SSSR count). The summed E-state index contributed by atoms with van der Waals surface area (Å²) in [5.74, 6) is 0.0938. The van der Waals surface area contributed by atoms with Crippen molar-refractivity contribution >= 4 is 33.5 Å². The number of hydrogen-bond acceptors (Lipinski definition) is 4. The lowest BCUT2D eigenvalue weighted by Crippen LogP contribution is -2.47. The van der Waals surface area contributed by atoms with Crippen molar-refractivity contribution in [3.63, 3.8) is 0 Å². The first-order valence-electron chi connectivity index (χ1n) is 7.98. The Bertz CT molecular complexity index is 658. The van der Waals surface area contributed by atoms with Gasteiger partial charge in [-0.15, -0.1) is 0 Å². The molecule has 0 saturated carbocycles.